The molecule has 0 radical (unpaired) electrons. The number of nitrogens with zero attached hydrogens (tertiary/aromatic N) is 1. The second-order valence-electron chi connectivity index (χ2n) is 5.28. The minimum atomic E-state index is -0.323. The zero-order valence-electron chi connectivity index (χ0n) is 11.8. The van der Waals surface area contributed by atoms with E-state index in [1.165, 1.54) is 26.4 Å². The first-order chi connectivity index (χ1) is 9.15. The second-order valence-corrected chi connectivity index (χ2v) is 5.28. The molecule has 3 atom stereocenters. The van der Waals surface area contributed by atoms with E-state index in [0.717, 1.165) is 11.7 Å². The number of methoxy groups -OCH3 is 1. The van der Waals surface area contributed by atoms with Gasteiger partial charge in [0.15, 0.2) is 0 Å². The van der Waals surface area contributed by atoms with Crippen LogP contribution in [-0.4, -0.2) is 24.1 Å². The van der Waals surface area contributed by atoms with Gasteiger partial charge in [0.1, 0.15) is 5.82 Å². The van der Waals surface area contributed by atoms with Gasteiger partial charge >= 0.3 is 5.97 Å². The molecule has 1 heterocycles. The molecule has 0 amide bonds. The summed E-state index contributed by atoms with van der Waals surface area (Å²) in [6.07, 6.45) is 5.32. The molecule has 3 unspecified atom stereocenters. The van der Waals surface area contributed by atoms with Gasteiger partial charge in [0.25, 0.3) is 0 Å². The van der Waals surface area contributed by atoms with Crippen LogP contribution in [0, 0.1) is 11.8 Å². The highest BCUT2D eigenvalue weighted by Crippen LogP contribution is 2.35. The van der Waals surface area contributed by atoms with Gasteiger partial charge in [0.2, 0.25) is 0 Å². The van der Waals surface area contributed by atoms with E-state index in [0.29, 0.717) is 17.5 Å². The van der Waals surface area contributed by atoms with Crippen molar-refractivity contribution in [1.29, 1.82) is 0 Å². The summed E-state index contributed by atoms with van der Waals surface area (Å²) < 4.78 is 4.72. The van der Waals surface area contributed by atoms with Crippen molar-refractivity contribution in [2.24, 2.45) is 11.8 Å². The highest BCUT2D eigenvalue weighted by molar-refractivity contribution is 5.89. The molecule has 0 spiro atoms. The Morgan fingerprint density at radius 2 is 2.32 bits per heavy atom. The summed E-state index contributed by atoms with van der Waals surface area (Å²) in [6.45, 7) is 4.54. The number of rotatable bonds is 4. The van der Waals surface area contributed by atoms with Gasteiger partial charge in [0, 0.05) is 12.2 Å². The lowest BCUT2D eigenvalue weighted by Crippen LogP contribution is -2.25. The molecule has 1 aromatic heterocycles. The smallest absolute Gasteiger partial charge is 0.338 e. The van der Waals surface area contributed by atoms with E-state index in [-0.39, 0.29) is 5.97 Å². The van der Waals surface area contributed by atoms with E-state index in [1.807, 2.05) is 0 Å². The van der Waals surface area contributed by atoms with Gasteiger partial charge in [-0.1, -0.05) is 20.3 Å². The van der Waals surface area contributed by atoms with Crippen molar-refractivity contribution in [2.75, 3.05) is 12.4 Å². The molecule has 1 saturated carbocycles. The summed E-state index contributed by atoms with van der Waals surface area (Å²) in [5.41, 5.74) is 0.540. The molecule has 0 bridgehead atoms. The standard InChI is InChI=1S/C15H22N2O2/c1-4-11-5-6-13(10(11)2)17-14-9-12(7-8-16-14)15(18)19-3/h7-11,13H,4-6H2,1-3H3,(H,16,17). The normalized spacial score (nSPS) is 26.2. The molecule has 2 rings (SSSR count). The van der Waals surface area contributed by atoms with Crippen LogP contribution in [0.4, 0.5) is 5.82 Å². The Kier molecular flexibility index (Phi) is 4.40. The molecule has 0 aromatic carbocycles. The third kappa shape index (κ3) is 3.06. The lowest BCUT2D eigenvalue weighted by molar-refractivity contribution is 0.0600. The van der Waals surface area contributed by atoms with Crippen molar-refractivity contribution >= 4 is 11.8 Å². The topological polar surface area (TPSA) is 51.2 Å². The van der Waals surface area contributed by atoms with Crippen LogP contribution in [0.3, 0.4) is 0 Å². The first-order valence-corrected chi connectivity index (χ1v) is 6.96. The fourth-order valence-electron chi connectivity index (χ4n) is 2.97. The molecule has 1 N–H and O–H groups in total. The molecule has 0 aliphatic heterocycles. The van der Waals surface area contributed by atoms with Crippen LogP contribution in [0.1, 0.15) is 43.5 Å². The number of carbonyl (C=O) groups excluding carboxylic acids is 1. The van der Waals surface area contributed by atoms with Gasteiger partial charge in [-0.2, -0.15) is 0 Å². The van der Waals surface area contributed by atoms with Crippen LogP contribution in [0.15, 0.2) is 18.3 Å². The zero-order chi connectivity index (χ0) is 13.8. The Labute approximate surface area is 114 Å². The Morgan fingerprint density at radius 1 is 1.53 bits per heavy atom. The summed E-state index contributed by atoms with van der Waals surface area (Å²) in [5, 5.41) is 3.46. The Balaban J connectivity index is 2.05. The summed E-state index contributed by atoms with van der Waals surface area (Å²) in [6, 6.07) is 3.88. The van der Waals surface area contributed by atoms with E-state index in [4.69, 9.17) is 4.74 Å². The largest absolute Gasteiger partial charge is 0.465 e. The minimum Gasteiger partial charge on any atom is -0.465 e. The van der Waals surface area contributed by atoms with Crippen molar-refractivity contribution < 1.29 is 9.53 Å². The second kappa shape index (κ2) is 6.04. The number of nitrogens with one attached hydrogen (secondary N) is 1. The van der Waals surface area contributed by atoms with E-state index >= 15 is 0 Å². The summed E-state index contributed by atoms with van der Waals surface area (Å²) >= 11 is 0. The molecular formula is C15H22N2O2. The number of pyridine rings is 1. The van der Waals surface area contributed by atoms with Crippen molar-refractivity contribution in [3.8, 4) is 0 Å². The first kappa shape index (κ1) is 13.8. The molecule has 1 aromatic rings. The van der Waals surface area contributed by atoms with Crippen molar-refractivity contribution in [1.82, 2.24) is 4.98 Å². The number of aromatic nitrogens is 1. The minimum absolute atomic E-state index is 0.323. The van der Waals surface area contributed by atoms with Gasteiger partial charge in [-0.25, -0.2) is 9.78 Å². The van der Waals surface area contributed by atoms with Crippen molar-refractivity contribution in [3.05, 3.63) is 23.9 Å². The van der Waals surface area contributed by atoms with Gasteiger partial charge in [-0.15, -0.1) is 0 Å². The van der Waals surface area contributed by atoms with Gasteiger partial charge < -0.3 is 10.1 Å². The van der Waals surface area contributed by atoms with Crippen LogP contribution in [0.5, 0.6) is 0 Å². The summed E-state index contributed by atoms with van der Waals surface area (Å²) in [7, 11) is 1.39. The lowest BCUT2D eigenvalue weighted by atomic mass is 9.93. The fraction of sp³-hybridized carbons (Fsp3) is 0.600. The molecule has 19 heavy (non-hydrogen) atoms. The summed E-state index contributed by atoms with van der Waals surface area (Å²) in [4.78, 5) is 15.8. The third-order valence-electron chi connectivity index (χ3n) is 4.27. The predicted molar refractivity (Wildman–Crippen MR) is 75.2 cm³/mol. The first-order valence-electron chi connectivity index (χ1n) is 6.96. The van der Waals surface area contributed by atoms with E-state index < -0.39 is 0 Å². The monoisotopic (exact) mass is 262 g/mol. The number of ether oxygens (including phenoxy) is 1. The van der Waals surface area contributed by atoms with E-state index in [2.05, 4.69) is 24.1 Å². The average Bonchev–Trinajstić information content (AvgIpc) is 2.79. The molecule has 104 valence electrons. The predicted octanol–water partition coefficient (Wildman–Crippen LogP) is 3.10. The number of esters is 1. The summed E-state index contributed by atoms with van der Waals surface area (Å²) in [5.74, 6) is 1.88. The van der Waals surface area contributed by atoms with Crippen LogP contribution in [-0.2, 0) is 4.74 Å². The number of anilines is 1. The Morgan fingerprint density at radius 3 is 2.95 bits per heavy atom. The maximum absolute atomic E-state index is 11.5. The molecule has 1 aliphatic carbocycles. The Bertz CT molecular complexity index is 448. The molecular weight excluding hydrogens is 240 g/mol. The molecule has 1 aliphatic rings. The van der Waals surface area contributed by atoms with Gasteiger partial charge in [-0.05, 0) is 36.8 Å². The zero-order valence-corrected chi connectivity index (χ0v) is 11.8. The molecule has 1 fully saturated rings. The van der Waals surface area contributed by atoms with Crippen molar-refractivity contribution in [3.63, 3.8) is 0 Å². The fourth-order valence-corrected chi connectivity index (χ4v) is 2.97. The third-order valence-corrected chi connectivity index (χ3v) is 4.27. The lowest BCUT2D eigenvalue weighted by Gasteiger charge is -2.21. The number of carbonyl (C=O) groups is 1. The number of hydrogen-bond donors (Lipinski definition) is 1. The Hall–Kier alpha value is -1.58. The number of hydrogen-bond acceptors (Lipinski definition) is 4. The maximum Gasteiger partial charge on any atom is 0.338 e. The highest BCUT2D eigenvalue weighted by atomic mass is 16.5. The van der Waals surface area contributed by atoms with Crippen LogP contribution in [0.2, 0.25) is 0 Å². The van der Waals surface area contributed by atoms with Crippen LogP contribution in [0.25, 0.3) is 0 Å². The quantitative estimate of drug-likeness (QED) is 0.847. The van der Waals surface area contributed by atoms with Crippen LogP contribution < -0.4 is 5.32 Å². The highest BCUT2D eigenvalue weighted by Gasteiger charge is 2.31. The maximum atomic E-state index is 11.5. The van der Waals surface area contributed by atoms with Crippen LogP contribution >= 0.6 is 0 Å². The molecule has 4 nitrogen and oxygen atoms in total. The van der Waals surface area contributed by atoms with Gasteiger partial charge in [-0.3, -0.25) is 0 Å². The van der Waals surface area contributed by atoms with Gasteiger partial charge in [0.05, 0.1) is 12.7 Å². The van der Waals surface area contributed by atoms with E-state index in [1.54, 1.807) is 18.3 Å². The van der Waals surface area contributed by atoms with E-state index in [9.17, 15) is 4.79 Å². The SMILES string of the molecule is CCC1CCC(Nc2cc(C(=O)OC)ccn2)C1C. The van der Waals surface area contributed by atoms with Crippen molar-refractivity contribution in [2.45, 2.75) is 39.2 Å². The molecule has 4 heteroatoms. The average molecular weight is 262 g/mol. The molecule has 0 saturated heterocycles.